The monoisotopic (exact) mass is 306 g/mol. The lowest BCUT2D eigenvalue weighted by Gasteiger charge is -2.06. The lowest BCUT2D eigenvalue weighted by atomic mass is 10.1. The fourth-order valence-electron chi connectivity index (χ4n) is 2.31. The summed E-state index contributed by atoms with van der Waals surface area (Å²) in [6.45, 7) is 3.11. The van der Waals surface area contributed by atoms with Crippen molar-refractivity contribution in [1.82, 2.24) is 20.1 Å². The van der Waals surface area contributed by atoms with Gasteiger partial charge in [-0.15, -0.1) is 0 Å². The van der Waals surface area contributed by atoms with E-state index < -0.39 is 0 Å². The summed E-state index contributed by atoms with van der Waals surface area (Å²) < 4.78 is 1.81. The van der Waals surface area contributed by atoms with E-state index in [0.717, 1.165) is 17.0 Å². The van der Waals surface area contributed by atoms with Crippen molar-refractivity contribution in [3.05, 3.63) is 72.1 Å². The average Bonchev–Trinajstić information content (AvgIpc) is 3.04. The molecule has 0 fully saturated rings. The third kappa shape index (κ3) is 3.83. The smallest absolute Gasteiger partial charge is 0.251 e. The van der Waals surface area contributed by atoms with E-state index in [4.69, 9.17) is 0 Å². The van der Waals surface area contributed by atoms with Gasteiger partial charge in [0.25, 0.3) is 5.91 Å². The minimum absolute atomic E-state index is 0.0641. The van der Waals surface area contributed by atoms with Gasteiger partial charge in [0.05, 0.1) is 12.2 Å². The van der Waals surface area contributed by atoms with Crippen LogP contribution in [0, 0.1) is 6.92 Å². The number of nitrogens with zero attached hydrogens (tertiary/aromatic N) is 3. The summed E-state index contributed by atoms with van der Waals surface area (Å²) in [6, 6.07) is 15.2. The van der Waals surface area contributed by atoms with Gasteiger partial charge in [0.15, 0.2) is 0 Å². The molecule has 0 bridgehead atoms. The molecule has 2 aromatic heterocycles. The lowest BCUT2D eigenvalue weighted by molar-refractivity contribution is 0.0952. The molecule has 2 heterocycles. The number of hydrogen-bond donors (Lipinski definition) is 1. The average molecular weight is 306 g/mol. The second kappa shape index (κ2) is 6.87. The van der Waals surface area contributed by atoms with Crippen molar-refractivity contribution in [2.24, 2.45) is 0 Å². The Bertz CT molecular complexity index is 796. The molecule has 0 radical (unpaired) electrons. The van der Waals surface area contributed by atoms with Crippen LogP contribution in [0.2, 0.25) is 0 Å². The van der Waals surface area contributed by atoms with Crippen molar-refractivity contribution >= 4 is 5.91 Å². The first-order valence-electron chi connectivity index (χ1n) is 7.52. The van der Waals surface area contributed by atoms with Crippen molar-refractivity contribution in [2.45, 2.75) is 13.5 Å². The number of pyridine rings is 1. The highest BCUT2D eigenvalue weighted by Gasteiger charge is 2.06. The first-order chi connectivity index (χ1) is 11.2. The molecule has 3 rings (SSSR count). The molecule has 0 aliphatic heterocycles. The van der Waals surface area contributed by atoms with E-state index >= 15 is 0 Å². The lowest BCUT2D eigenvalue weighted by Crippen LogP contribution is -2.27. The zero-order chi connectivity index (χ0) is 16.1. The van der Waals surface area contributed by atoms with Gasteiger partial charge in [-0.3, -0.25) is 14.5 Å². The Labute approximate surface area is 135 Å². The number of rotatable bonds is 5. The molecule has 3 aromatic rings. The highest BCUT2D eigenvalue weighted by molar-refractivity contribution is 5.94. The number of carbonyl (C=O) groups excluding carboxylic acids is 1. The highest BCUT2D eigenvalue weighted by Crippen LogP contribution is 2.12. The Balaban J connectivity index is 1.55. The Morgan fingerprint density at radius 3 is 2.83 bits per heavy atom. The van der Waals surface area contributed by atoms with Gasteiger partial charge in [0.2, 0.25) is 0 Å². The molecule has 0 aliphatic carbocycles. The maximum atomic E-state index is 12.1. The largest absolute Gasteiger partial charge is 0.350 e. The minimum atomic E-state index is -0.0641. The fraction of sp³-hybridized carbons (Fsp3) is 0.167. The van der Waals surface area contributed by atoms with Gasteiger partial charge in [-0.1, -0.05) is 23.8 Å². The first kappa shape index (κ1) is 15.0. The van der Waals surface area contributed by atoms with Crippen LogP contribution in [0.4, 0.5) is 0 Å². The van der Waals surface area contributed by atoms with Crippen LogP contribution in [0.1, 0.15) is 15.9 Å². The SMILES string of the molecule is Cc1cccc(C(=O)NCCn2ccc(-c3ccccn3)n2)c1. The minimum Gasteiger partial charge on any atom is -0.350 e. The summed E-state index contributed by atoms with van der Waals surface area (Å²) in [7, 11) is 0. The molecule has 0 spiro atoms. The normalized spacial score (nSPS) is 10.5. The Morgan fingerprint density at radius 1 is 1.13 bits per heavy atom. The first-order valence-corrected chi connectivity index (χ1v) is 7.52. The molecule has 0 aliphatic rings. The molecule has 0 saturated carbocycles. The Kier molecular flexibility index (Phi) is 4.47. The van der Waals surface area contributed by atoms with Crippen LogP contribution in [0.15, 0.2) is 60.9 Å². The maximum Gasteiger partial charge on any atom is 0.251 e. The van der Waals surface area contributed by atoms with E-state index in [0.29, 0.717) is 18.7 Å². The zero-order valence-corrected chi connectivity index (χ0v) is 12.9. The van der Waals surface area contributed by atoms with Crippen molar-refractivity contribution in [1.29, 1.82) is 0 Å². The quantitative estimate of drug-likeness (QED) is 0.788. The van der Waals surface area contributed by atoms with Crippen LogP contribution >= 0.6 is 0 Å². The molecule has 1 N–H and O–H groups in total. The van der Waals surface area contributed by atoms with Gasteiger partial charge in [0, 0.05) is 24.5 Å². The molecule has 5 heteroatoms. The summed E-state index contributed by atoms with van der Waals surface area (Å²) in [5, 5.41) is 7.38. The van der Waals surface area contributed by atoms with Crippen molar-refractivity contribution < 1.29 is 4.79 Å². The van der Waals surface area contributed by atoms with Gasteiger partial charge in [-0.25, -0.2) is 0 Å². The van der Waals surface area contributed by atoms with Gasteiger partial charge in [-0.2, -0.15) is 5.10 Å². The molecule has 23 heavy (non-hydrogen) atoms. The molecule has 0 unspecified atom stereocenters. The van der Waals surface area contributed by atoms with Gasteiger partial charge < -0.3 is 5.32 Å². The molecular formula is C18H18N4O. The van der Waals surface area contributed by atoms with Gasteiger partial charge in [-0.05, 0) is 37.3 Å². The Hall–Kier alpha value is -2.95. The molecular weight excluding hydrogens is 288 g/mol. The maximum absolute atomic E-state index is 12.1. The standard InChI is InChI=1S/C18H18N4O/c1-14-5-4-6-15(13-14)18(23)20-10-12-22-11-8-17(21-22)16-7-2-3-9-19-16/h2-9,11,13H,10,12H2,1H3,(H,20,23). The van der Waals surface area contributed by atoms with Crippen LogP contribution in [0.3, 0.4) is 0 Å². The topological polar surface area (TPSA) is 59.8 Å². The van der Waals surface area contributed by atoms with Crippen LogP contribution in [-0.4, -0.2) is 27.2 Å². The van der Waals surface area contributed by atoms with E-state index in [1.165, 1.54) is 0 Å². The summed E-state index contributed by atoms with van der Waals surface area (Å²) in [5.41, 5.74) is 3.43. The van der Waals surface area contributed by atoms with Crippen molar-refractivity contribution in [3.63, 3.8) is 0 Å². The number of nitrogens with one attached hydrogen (secondary N) is 1. The molecule has 1 aromatic carbocycles. The van der Waals surface area contributed by atoms with E-state index in [-0.39, 0.29) is 5.91 Å². The van der Waals surface area contributed by atoms with Gasteiger partial charge >= 0.3 is 0 Å². The number of benzene rings is 1. The predicted molar refractivity (Wildman–Crippen MR) is 89.0 cm³/mol. The van der Waals surface area contributed by atoms with E-state index in [2.05, 4.69) is 15.4 Å². The molecule has 0 atom stereocenters. The van der Waals surface area contributed by atoms with Crippen LogP contribution in [-0.2, 0) is 6.54 Å². The molecule has 1 amide bonds. The molecule has 0 saturated heterocycles. The zero-order valence-electron chi connectivity index (χ0n) is 12.9. The summed E-state index contributed by atoms with van der Waals surface area (Å²) in [4.78, 5) is 16.3. The predicted octanol–water partition coefficient (Wildman–Crippen LogP) is 2.68. The number of hydrogen-bond acceptors (Lipinski definition) is 3. The fourth-order valence-corrected chi connectivity index (χ4v) is 2.31. The van der Waals surface area contributed by atoms with E-state index in [9.17, 15) is 4.79 Å². The van der Waals surface area contributed by atoms with Crippen molar-refractivity contribution in [2.75, 3.05) is 6.54 Å². The molecule has 116 valence electrons. The van der Waals surface area contributed by atoms with E-state index in [1.54, 1.807) is 10.9 Å². The van der Waals surface area contributed by atoms with E-state index in [1.807, 2.05) is 61.7 Å². The summed E-state index contributed by atoms with van der Waals surface area (Å²) >= 11 is 0. The van der Waals surface area contributed by atoms with Crippen LogP contribution < -0.4 is 5.32 Å². The number of carbonyl (C=O) groups is 1. The molecule has 5 nitrogen and oxygen atoms in total. The second-order valence-electron chi connectivity index (χ2n) is 5.30. The van der Waals surface area contributed by atoms with Crippen LogP contribution in [0.25, 0.3) is 11.4 Å². The van der Waals surface area contributed by atoms with Crippen molar-refractivity contribution in [3.8, 4) is 11.4 Å². The van der Waals surface area contributed by atoms with Crippen LogP contribution in [0.5, 0.6) is 0 Å². The number of aromatic nitrogens is 3. The summed E-state index contributed by atoms with van der Waals surface area (Å²) in [5.74, 6) is -0.0641. The highest BCUT2D eigenvalue weighted by atomic mass is 16.1. The third-order valence-corrected chi connectivity index (χ3v) is 3.47. The number of amides is 1. The van der Waals surface area contributed by atoms with Gasteiger partial charge in [0.1, 0.15) is 5.69 Å². The Morgan fingerprint density at radius 2 is 2.04 bits per heavy atom. The second-order valence-corrected chi connectivity index (χ2v) is 5.30. The number of aryl methyl sites for hydroxylation is 1. The summed E-state index contributed by atoms with van der Waals surface area (Å²) in [6.07, 6.45) is 3.64. The third-order valence-electron chi connectivity index (χ3n) is 3.47.